The summed E-state index contributed by atoms with van der Waals surface area (Å²) < 4.78 is 5.29. The van der Waals surface area contributed by atoms with Crippen molar-refractivity contribution in [2.45, 2.75) is 65.0 Å². The van der Waals surface area contributed by atoms with Crippen LogP contribution in [-0.2, 0) is 25.7 Å². The van der Waals surface area contributed by atoms with Gasteiger partial charge in [0.25, 0.3) is 0 Å². The number of ether oxygens (including phenoxy) is 1. The number of carbonyl (C=O) groups is 3. The average Bonchev–Trinajstić information content (AvgIpc) is 3.10. The number of ketones is 1. The third-order valence-corrected chi connectivity index (χ3v) is 5.11. The van der Waals surface area contributed by atoms with E-state index in [0.29, 0.717) is 19.3 Å². The van der Waals surface area contributed by atoms with Crippen LogP contribution < -0.4 is 5.32 Å². The molecule has 1 amide bonds. The topological polar surface area (TPSA) is 109 Å². The summed E-state index contributed by atoms with van der Waals surface area (Å²) in [5, 5.41) is 12.1. The molecule has 2 rings (SSSR count). The van der Waals surface area contributed by atoms with Crippen molar-refractivity contribution in [3.8, 4) is 6.07 Å². The van der Waals surface area contributed by atoms with Gasteiger partial charge in [0.15, 0.2) is 0 Å². The van der Waals surface area contributed by atoms with Gasteiger partial charge in [-0.3, -0.25) is 19.4 Å². The molecule has 7 heteroatoms. The first kappa shape index (κ1) is 22.5. The van der Waals surface area contributed by atoms with Crippen LogP contribution in [-0.4, -0.2) is 28.7 Å². The molecule has 0 unspecified atom stereocenters. The van der Waals surface area contributed by atoms with Gasteiger partial charge in [-0.15, -0.1) is 0 Å². The average molecular weight is 399 g/mol. The number of hydrogen-bond acceptors (Lipinski definition) is 6. The van der Waals surface area contributed by atoms with Gasteiger partial charge in [0.1, 0.15) is 18.4 Å². The smallest absolute Gasteiger partial charge is 0.306 e. The van der Waals surface area contributed by atoms with Gasteiger partial charge >= 0.3 is 5.97 Å². The summed E-state index contributed by atoms with van der Waals surface area (Å²) in [5.74, 6) is -1.16. The molecule has 7 nitrogen and oxygen atoms in total. The van der Waals surface area contributed by atoms with E-state index in [1.165, 1.54) is 0 Å². The first-order valence-electron chi connectivity index (χ1n) is 10.2. The highest BCUT2D eigenvalue weighted by atomic mass is 16.5. The van der Waals surface area contributed by atoms with Gasteiger partial charge < -0.3 is 10.1 Å². The lowest BCUT2D eigenvalue weighted by atomic mass is 9.92. The number of pyridine rings is 1. The molecular weight excluding hydrogens is 370 g/mol. The molecule has 1 aliphatic carbocycles. The van der Waals surface area contributed by atoms with E-state index in [0.717, 1.165) is 18.4 Å². The quantitative estimate of drug-likeness (QED) is 0.606. The molecule has 0 bridgehead atoms. The van der Waals surface area contributed by atoms with Crippen molar-refractivity contribution in [3.05, 3.63) is 30.1 Å². The third-order valence-electron chi connectivity index (χ3n) is 5.11. The second-order valence-electron chi connectivity index (χ2n) is 8.03. The molecule has 1 fully saturated rings. The number of rotatable bonds is 10. The molecule has 1 saturated carbocycles. The van der Waals surface area contributed by atoms with Gasteiger partial charge in [-0.05, 0) is 49.3 Å². The zero-order valence-corrected chi connectivity index (χ0v) is 17.1. The van der Waals surface area contributed by atoms with E-state index in [9.17, 15) is 19.6 Å². The number of nitrogens with zero attached hydrogens (tertiary/aromatic N) is 2. The second kappa shape index (κ2) is 11.3. The lowest BCUT2D eigenvalue weighted by Gasteiger charge is -2.21. The van der Waals surface area contributed by atoms with Crippen LogP contribution in [0.25, 0.3) is 0 Å². The Morgan fingerprint density at radius 1 is 1.34 bits per heavy atom. The summed E-state index contributed by atoms with van der Waals surface area (Å²) in [6.45, 7) is 4.07. The molecule has 3 atom stereocenters. The van der Waals surface area contributed by atoms with Crippen LogP contribution in [0.3, 0.4) is 0 Å². The molecule has 1 aliphatic rings. The Balaban J connectivity index is 1.91. The summed E-state index contributed by atoms with van der Waals surface area (Å²) in [6.07, 6.45) is 6.20. The van der Waals surface area contributed by atoms with Crippen LogP contribution in [0.15, 0.2) is 24.5 Å². The highest BCUT2D eigenvalue weighted by molar-refractivity contribution is 5.85. The van der Waals surface area contributed by atoms with Gasteiger partial charge in [-0.2, -0.15) is 5.26 Å². The van der Waals surface area contributed by atoms with Crippen molar-refractivity contribution in [1.82, 2.24) is 10.3 Å². The van der Waals surface area contributed by atoms with E-state index < -0.39 is 17.9 Å². The van der Waals surface area contributed by atoms with E-state index in [-0.39, 0.29) is 36.6 Å². The highest BCUT2D eigenvalue weighted by Crippen LogP contribution is 2.26. The normalized spacial score (nSPS) is 18.1. The van der Waals surface area contributed by atoms with Gasteiger partial charge in [0, 0.05) is 30.7 Å². The van der Waals surface area contributed by atoms with Crippen molar-refractivity contribution in [3.63, 3.8) is 0 Å². The van der Waals surface area contributed by atoms with Crippen LogP contribution in [0.1, 0.15) is 57.9 Å². The number of nitrogens with one attached hydrogen (secondary N) is 1. The molecular formula is C22H29N3O4. The van der Waals surface area contributed by atoms with Crippen molar-refractivity contribution in [2.75, 3.05) is 0 Å². The fourth-order valence-corrected chi connectivity index (χ4v) is 3.61. The van der Waals surface area contributed by atoms with Crippen molar-refractivity contribution < 1.29 is 19.1 Å². The van der Waals surface area contributed by atoms with Gasteiger partial charge in [0.05, 0.1) is 12.5 Å². The molecule has 0 radical (unpaired) electrons. The minimum absolute atomic E-state index is 0.0460. The highest BCUT2D eigenvalue weighted by Gasteiger charge is 2.30. The van der Waals surface area contributed by atoms with Crippen LogP contribution in [0.2, 0.25) is 0 Å². The number of Topliss-reactive ketones (excluding diaryl/α,β-unsaturated/α-hetero) is 1. The fourth-order valence-electron chi connectivity index (χ4n) is 3.61. The maximum Gasteiger partial charge on any atom is 0.306 e. The Hall–Kier alpha value is -2.75. The summed E-state index contributed by atoms with van der Waals surface area (Å²) in [5.41, 5.74) is 0.823. The van der Waals surface area contributed by atoms with Gasteiger partial charge in [0.2, 0.25) is 5.91 Å². The number of amides is 1. The first-order valence-corrected chi connectivity index (χ1v) is 10.2. The van der Waals surface area contributed by atoms with Gasteiger partial charge in [-0.1, -0.05) is 13.8 Å². The Morgan fingerprint density at radius 2 is 2.07 bits per heavy atom. The van der Waals surface area contributed by atoms with Crippen LogP contribution in [0, 0.1) is 29.1 Å². The van der Waals surface area contributed by atoms with E-state index in [1.54, 1.807) is 24.5 Å². The molecule has 1 aromatic heterocycles. The van der Waals surface area contributed by atoms with Crippen molar-refractivity contribution >= 4 is 17.7 Å². The zero-order valence-electron chi connectivity index (χ0n) is 17.1. The summed E-state index contributed by atoms with van der Waals surface area (Å²) in [7, 11) is 0. The third kappa shape index (κ3) is 7.65. The summed E-state index contributed by atoms with van der Waals surface area (Å²) in [6, 6.07) is 4.87. The number of aromatic nitrogens is 1. The first-order chi connectivity index (χ1) is 13.9. The number of esters is 1. The Morgan fingerprint density at radius 3 is 2.66 bits per heavy atom. The molecule has 0 aromatic carbocycles. The lowest BCUT2D eigenvalue weighted by molar-refractivity contribution is -0.148. The van der Waals surface area contributed by atoms with Crippen LogP contribution >= 0.6 is 0 Å². The number of nitriles is 1. The molecule has 156 valence electrons. The van der Waals surface area contributed by atoms with Crippen LogP contribution in [0.4, 0.5) is 0 Å². The molecule has 1 heterocycles. The minimum Gasteiger partial charge on any atom is -0.461 e. The minimum atomic E-state index is -0.725. The molecule has 0 saturated heterocycles. The Kier molecular flexibility index (Phi) is 8.78. The zero-order chi connectivity index (χ0) is 21.2. The maximum atomic E-state index is 12.7. The summed E-state index contributed by atoms with van der Waals surface area (Å²) >= 11 is 0. The van der Waals surface area contributed by atoms with E-state index in [4.69, 9.17) is 4.74 Å². The van der Waals surface area contributed by atoms with Crippen LogP contribution in [0.5, 0.6) is 0 Å². The monoisotopic (exact) mass is 399 g/mol. The maximum absolute atomic E-state index is 12.7. The largest absolute Gasteiger partial charge is 0.461 e. The van der Waals surface area contributed by atoms with Crippen molar-refractivity contribution in [2.24, 2.45) is 17.8 Å². The molecule has 1 N–H and O–H groups in total. The molecule has 0 aliphatic heterocycles. The Bertz CT molecular complexity index is 742. The Labute approximate surface area is 171 Å². The number of carbonyl (C=O) groups excluding carboxylic acids is 3. The summed E-state index contributed by atoms with van der Waals surface area (Å²) in [4.78, 5) is 40.8. The molecule has 29 heavy (non-hydrogen) atoms. The standard InChI is InChI=1S/C22H29N3O4/c1-15(2)10-18(12-21(27)29-14-16-6-8-24-9-7-16)22(28)25-19(13-23)11-17-4-3-5-20(17)26/h6-9,15,17-19H,3-5,10-12,14H2,1-2H3,(H,25,28)/t17-,18+,19-/m0/s1. The van der Waals surface area contributed by atoms with E-state index >= 15 is 0 Å². The van der Waals surface area contributed by atoms with Crippen molar-refractivity contribution in [1.29, 1.82) is 5.26 Å². The SMILES string of the molecule is CC(C)C[C@H](CC(=O)OCc1ccncc1)C(=O)N[C@H](C#N)C[C@@H]1CCCC1=O. The molecule has 0 spiro atoms. The lowest BCUT2D eigenvalue weighted by Crippen LogP contribution is -2.40. The van der Waals surface area contributed by atoms with E-state index in [2.05, 4.69) is 16.4 Å². The fraction of sp³-hybridized carbons (Fsp3) is 0.591. The second-order valence-corrected chi connectivity index (χ2v) is 8.03. The predicted octanol–water partition coefficient (Wildman–Crippen LogP) is 2.94. The number of hydrogen-bond donors (Lipinski definition) is 1. The molecule has 1 aromatic rings. The predicted molar refractivity (Wildman–Crippen MR) is 106 cm³/mol. The van der Waals surface area contributed by atoms with E-state index in [1.807, 2.05) is 13.8 Å². The van der Waals surface area contributed by atoms with Gasteiger partial charge in [-0.25, -0.2) is 0 Å².